The molecular weight excluding hydrogens is 154 g/mol. The van der Waals surface area contributed by atoms with Crippen molar-refractivity contribution in [1.29, 1.82) is 0 Å². The summed E-state index contributed by atoms with van der Waals surface area (Å²) in [6.45, 7) is 3.06. The van der Waals surface area contributed by atoms with Gasteiger partial charge in [-0.3, -0.25) is 0 Å². The number of nitrogens with one attached hydrogen (secondary N) is 1. The molecule has 12 heavy (non-hydrogen) atoms. The van der Waals surface area contributed by atoms with Crippen LogP contribution in [0.2, 0.25) is 0 Å². The molecule has 0 spiro atoms. The fourth-order valence-electron chi connectivity index (χ4n) is 1.17. The molecule has 74 valence electrons. The van der Waals surface area contributed by atoms with Gasteiger partial charge in [-0.25, -0.2) is 0 Å². The molecule has 0 heterocycles. The molecule has 0 amide bonds. The molecule has 0 saturated heterocycles. The Morgan fingerprint density at radius 1 is 1.25 bits per heavy atom. The molecule has 0 rings (SSSR count). The second kappa shape index (κ2) is 8.97. The van der Waals surface area contributed by atoms with Gasteiger partial charge in [-0.05, 0) is 6.42 Å². The first-order valence-corrected chi connectivity index (χ1v) is 4.80. The minimum absolute atomic E-state index is 0.143. The summed E-state index contributed by atoms with van der Waals surface area (Å²) in [5, 5.41) is 20.5. The lowest BCUT2D eigenvalue weighted by Gasteiger charge is -2.14. The molecule has 1 unspecified atom stereocenters. The molecule has 0 aromatic heterocycles. The molecule has 1 atom stereocenters. The van der Waals surface area contributed by atoms with E-state index in [1.165, 1.54) is 12.8 Å². The quantitative estimate of drug-likeness (QED) is 0.471. The van der Waals surface area contributed by atoms with E-state index in [9.17, 15) is 0 Å². The largest absolute Gasteiger partial charge is 0.395 e. The summed E-state index contributed by atoms with van der Waals surface area (Å²) in [6, 6.07) is 0.170. The minimum atomic E-state index is 0.143. The molecular formula is C9H21NO2. The molecule has 0 aliphatic rings. The zero-order chi connectivity index (χ0) is 9.23. The highest BCUT2D eigenvalue weighted by atomic mass is 16.3. The highest BCUT2D eigenvalue weighted by molar-refractivity contribution is 4.64. The van der Waals surface area contributed by atoms with Crippen molar-refractivity contribution >= 4 is 0 Å². The summed E-state index contributed by atoms with van der Waals surface area (Å²) in [7, 11) is 0. The topological polar surface area (TPSA) is 52.5 Å². The minimum Gasteiger partial charge on any atom is -0.395 e. The van der Waals surface area contributed by atoms with E-state index >= 15 is 0 Å². The van der Waals surface area contributed by atoms with E-state index in [1.807, 2.05) is 0 Å². The molecule has 0 aromatic carbocycles. The van der Waals surface area contributed by atoms with Crippen LogP contribution in [0.3, 0.4) is 0 Å². The number of unbranched alkanes of at least 4 members (excludes halogenated alkanes) is 2. The van der Waals surface area contributed by atoms with E-state index in [0.29, 0.717) is 6.54 Å². The predicted octanol–water partition coefficient (Wildman–Crippen LogP) is 0.510. The average molecular weight is 175 g/mol. The van der Waals surface area contributed by atoms with Crippen LogP contribution in [-0.4, -0.2) is 36.0 Å². The molecule has 3 N–H and O–H groups in total. The van der Waals surface area contributed by atoms with Crippen LogP contribution in [0.15, 0.2) is 0 Å². The van der Waals surface area contributed by atoms with Crippen molar-refractivity contribution in [3.8, 4) is 0 Å². The first-order chi connectivity index (χ1) is 5.85. The lowest BCUT2D eigenvalue weighted by molar-refractivity contribution is 0.218. The van der Waals surface area contributed by atoms with E-state index in [-0.39, 0.29) is 19.3 Å². The first-order valence-electron chi connectivity index (χ1n) is 4.80. The molecule has 0 saturated carbocycles. The van der Waals surface area contributed by atoms with E-state index < -0.39 is 0 Å². The van der Waals surface area contributed by atoms with Gasteiger partial charge in [0.05, 0.1) is 13.2 Å². The van der Waals surface area contributed by atoms with Gasteiger partial charge >= 0.3 is 0 Å². The fraction of sp³-hybridized carbons (Fsp3) is 1.00. The Balaban J connectivity index is 3.26. The Kier molecular flexibility index (Phi) is 8.88. The van der Waals surface area contributed by atoms with Crippen LogP contribution in [0.1, 0.15) is 32.6 Å². The summed E-state index contributed by atoms with van der Waals surface area (Å²) in [4.78, 5) is 0. The van der Waals surface area contributed by atoms with Crippen LogP contribution in [0.4, 0.5) is 0 Å². The first kappa shape index (κ1) is 11.9. The van der Waals surface area contributed by atoms with Gasteiger partial charge in [0.1, 0.15) is 0 Å². The van der Waals surface area contributed by atoms with Crippen LogP contribution >= 0.6 is 0 Å². The summed E-state index contributed by atoms with van der Waals surface area (Å²) in [5.41, 5.74) is 0. The Morgan fingerprint density at radius 2 is 2.00 bits per heavy atom. The molecule has 0 fully saturated rings. The van der Waals surface area contributed by atoms with Gasteiger partial charge in [-0.1, -0.05) is 26.2 Å². The third-order valence-corrected chi connectivity index (χ3v) is 1.92. The number of aliphatic hydroxyl groups excluding tert-OH is 2. The molecule has 0 aliphatic heterocycles. The Morgan fingerprint density at radius 3 is 2.50 bits per heavy atom. The van der Waals surface area contributed by atoms with Crippen molar-refractivity contribution < 1.29 is 10.2 Å². The normalized spacial score (nSPS) is 13.2. The van der Waals surface area contributed by atoms with Gasteiger partial charge in [0, 0.05) is 12.6 Å². The lowest BCUT2D eigenvalue weighted by atomic mass is 10.1. The van der Waals surface area contributed by atoms with Crippen molar-refractivity contribution in [2.24, 2.45) is 0 Å². The molecule has 0 bridgehead atoms. The van der Waals surface area contributed by atoms with Crippen LogP contribution in [0, 0.1) is 0 Å². The van der Waals surface area contributed by atoms with Crippen LogP contribution in [0.25, 0.3) is 0 Å². The van der Waals surface area contributed by atoms with Gasteiger partial charge < -0.3 is 15.5 Å². The smallest absolute Gasteiger partial charge is 0.0584 e. The van der Waals surface area contributed by atoms with Gasteiger partial charge in [-0.2, -0.15) is 0 Å². The highest BCUT2D eigenvalue weighted by Crippen LogP contribution is 2.02. The maximum Gasteiger partial charge on any atom is 0.0584 e. The second-order valence-corrected chi connectivity index (χ2v) is 3.05. The second-order valence-electron chi connectivity index (χ2n) is 3.05. The van der Waals surface area contributed by atoms with E-state index in [2.05, 4.69) is 12.2 Å². The van der Waals surface area contributed by atoms with Gasteiger partial charge in [0.2, 0.25) is 0 Å². The van der Waals surface area contributed by atoms with Crippen molar-refractivity contribution in [3.63, 3.8) is 0 Å². The molecule has 0 aliphatic carbocycles. The van der Waals surface area contributed by atoms with E-state index in [4.69, 9.17) is 10.2 Å². The maximum atomic E-state index is 8.91. The number of aliphatic hydroxyl groups is 2. The van der Waals surface area contributed by atoms with Gasteiger partial charge in [0.25, 0.3) is 0 Å². The number of hydrogen-bond acceptors (Lipinski definition) is 3. The zero-order valence-electron chi connectivity index (χ0n) is 7.92. The Bertz CT molecular complexity index is 88.6. The van der Waals surface area contributed by atoms with Crippen molar-refractivity contribution in [3.05, 3.63) is 0 Å². The maximum absolute atomic E-state index is 8.91. The summed E-state index contributed by atoms with van der Waals surface area (Å²) >= 11 is 0. The summed E-state index contributed by atoms with van der Waals surface area (Å²) in [6.07, 6.45) is 4.58. The van der Waals surface area contributed by atoms with Gasteiger partial charge in [0.15, 0.2) is 0 Å². The predicted molar refractivity (Wildman–Crippen MR) is 50.1 cm³/mol. The molecule has 3 nitrogen and oxygen atoms in total. The van der Waals surface area contributed by atoms with Crippen LogP contribution in [0.5, 0.6) is 0 Å². The third-order valence-electron chi connectivity index (χ3n) is 1.92. The average Bonchev–Trinajstić information content (AvgIpc) is 2.11. The number of hydrogen-bond donors (Lipinski definition) is 3. The van der Waals surface area contributed by atoms with Gasteiger partial charge in [-0.15, -0.1) is 0 Å². The third kappa shape index (κ3) is 6.58. The SMILES string of the molecule is CCCCCC(CO)NCCO. The van der Waals surface area contributed by atoms with Crippen molar-refractivity contribution in [1.82, 2.24) is 5.32 Å². The highest BCUT2D eigenvalue weighted by Gasteiger charge is 2.04. The molecule has 0 aromatic rings. The standard InChI is InChI=1S/C9H21NO2/c1-2-3-4-5-9(8-12)10-6-7-11/h9-12H,2-8H2,1H3. The van der Waals surface area contributed by atoms with Crippen LogP contribution < -0.4 is 5.32 Å². The van der Waals surface area contributed by atoms with Crippen molar-refractivity contribution in [2.45, 2.75) is 38.6 Å². The monoisotopic (exact) mass is 175 g/mol. The summed E-state index contributed by atoms with van der Waals surface area (Å²) < 4.78 is 0. The Hall–Kier alpha value is -0.120. The zero-order valence-corrected chi connectivity index (χ0v) is 7.92. The fourth-order valence-corrected chi connectivity index (χ4v) is 1.17. The van der Waals surface area contributed by atoms with E-state index in [1.54, 1.807) is 0 Å². The molecule has 0 radical (unpaired) electrons. The Labute approximate surface area is 74.8 Å². The molecule has 3 heteroatoms. The van der Waals surface area contributed by atoms with Crippen LogP contribution in [-0.2, 0) is 0 Å². The lowest BCUT2D eigenvalue weighted by Crippen LogP contribution is -2.34. The van der Waals surface area contributed by atoms with Crippen molar-refractivity contribution in [2.75, 3.05) is 19.8 Å². The number of rotatable bonds is 8. The summed E-state index contributed by atoms with van der Waals surface area (Å²) in [5.74, 6) is 0. The van der Waals surface area contributed by atoms with E-state index in [0.717, 1.165) is 12.8 Å².